The fourth-order valence-electron chi connectivity index (χ4n) is 0.850. The van der Waals surface area contributed by atoms with Crippen molar-refractivity contribution in [1.29, 1.82) is 5.26 Å². The number of hydrogen-bond acceptors (Lipinski definition) is 2. The van der Waals surface area contributed by atoms with Gasteiger partial charge in [-0.05, 0) is 19.3 Å². The van der Waals surface area contributed by atoms with Crippen molar-refractivity contribution in [3.8, 4) is 6.07 Å². The van der Waals surface area contributed by atoms with Gasteiger partial charge in [0.2, 0.25) is 0 Å². The summed E-state index contributed by atoms with van der Waals surface area (Å²) in [5.41, 5.74) is 0. The average molecular weight is 220 g/mol. The number of halogens is 1. The number of rotatable bonds is 6. The summed E-state index contributed by atoms with van der Waals surface area (Å²) >= 11 is 3.34. The molecule has 0 saturated heterocycles. The van der Waals surface area contributed by atoms with Crippen molar-refractivity contribution >= 4 is 15.9 Å². The molecule has 0 aromatic rings. The Bertz CT molecular complexity index is 122. The van der Waals surface area contributed by atoms with Crippen LogP contribution >= 0.6 is 15.9 Å². The molecule has 11 heavy (non-hydrogen) atoms. The molecule has 0 aliphatic heterocycles. The number of alkyl halides is 1. The van der Waals surface area contributed by atoms with Crippen LogP contribution in [0.1, 0.15) is 32.1 Å². The van der Waals surface area contributed by atoms with Crippen LogP contribution in [-0.4, -0.2) is 16.5 Å². The standard InChI is InChI=1S/C8H14BrNO/c9-6-4-2-1-3-5-8(11)7-10/h8,11H,1-6H2/t8-/m1/s1. The van der Waals surface area contributed by atoms with E-state index < -0.39 is 6.10 Å². The topological polar surface area (TPSA) is 44.0 Å². The number of nitrogens with zero attached hydrogens (tertiary/aromatic N) is 1. The molecule has 0 bridgehead atoms. The molecule has 0 unspecified atom stereocenters. The first-order valence-electron chi connectivity index (χ1n) is 3.95. The van der Waals surface area contributed by atoms with E-state index >= 15 is 0 Å². The molecule has 0 fully saturated rings. The first-order chi connectivity index (χ1) is 5.31. The van der Waals surface area contributed by atoms with Gasteiger partial charge in [-0.2, -0.15) is 5.26 Å². The quantitative estimate of drug-likeness (QED) is 0.423. The molecule has 0 spiro atoms. The molecule has 0 amide bonds. The molecular weight excluding hydrogens is 206 g/mol. The van der Waals surface area contributed by atoms with E-state index in [9.17, 15) is 0 Å². The van der Waals surface area contributed by atoms with Crippen LogP contribution in [0.3, 0.4) is 0 Å². The monoisotopic (exact) mass is 219 g/mol. The Labute approximate surface area is 76.3 Å². The summed E-state index contributed by atoms with van der Waals surface area (Å²) in [5, 5.41) is 18.1. The van der Waals surface area contributed by atoms with Crippen LogP contribution in [-0.2, 0) is 0 Å². The molecule has 2 nitrogen and oxygen atoms in total. The molecule has 0 aromatic heterocycles. The first-order valence-corrected chi connectivity index (χ1v) is 5.07. The maximum absolute atomic E-state index is 8.84. The van der Waals surface area contributed by atoms with Crippen LogP contribution in [0.4, 0.5) is 0 Å². The Morgan fingerprint density at radius 2 is 1.91 bits per heavy atom. The molecule has 0 aliphatic carbocycles. The van der Waals surface area contributed by atoms with E-state index in [0.717, 1.165) is 18.2 Å². The summed E-state index contributed by atoms with van der Waals surface area (Å²) in [7, 11) is 0. The fraction of sp³-hybridized carbons (Fsp3) is 0.875. The molecule has 0 aromatic carbocycles. The number of unbranched alkanes of at least 4 members (excludes halogenated alkanes) is 3. The van der Waals surface area contributed by atoms with Crippen LogP contribution < -0.4 is 0 Å². The molecule has 3 heteroatoms. The van der Waals surface area contributed by atoms with Gasteiger partial charge >= 0.3 is 0 Å². The lowest BCUT2D eigenvalue weighted by Gasteiger charge is -2.00. The van der Waals surface area contributed by atoms with E-state index in [1.807, 2.05) is 0 Å². The summed E-state index contributed by atoms with van der Waals surface area (Å²) in [6.45, 7) is 0. The van der Waals surface area contributed by atoms with Gasteiger partial charge in [-0.1, -0.05) is 28.8 Å². The van der Waals surface area contributed by atoms with Gasteiger partial charge < -0.3 is 5.11 Å². The van der Waals surface area contributed by atoms with Gasteiger partial charge in [-0.25, -0.2) is 0 Å². The van der Waals surface area contributed by atoms with Crippen molar-refractivity contribution in [3.63, 3.8) is 0 Å². The molecule has 64 valence electrons. The number of aliphatic hydroxyl groups is 1. The van der Waals surface area contributed by atoms with E-state index in [-0.39, 0.29) is 0 Å². The Morgan fingerprint density at radius 3 is 2.45 bits per heavy atom. The average Bonchev–Trinajstić information content (AvgIpc) is 2.04. The second kappa shape index (κ2) is 8.03. The van der Waals surface area contributed by atoms with Crippen LogP contribution in [0.2, 0.25) is 0 Å². The van der Waals surface area contributed by atoms with Crippen LogP contribution in [0.15, 0.2) is 0 Å². The largest absolute Gasteiger partial charge is 0.378 e. The molecule has 0 radical (unpaired) electrons. The molecule has 1 atom stereocenters. The molecule has 0 heterocycles. The number of hydrogen-bond donors (Lipinski definition) is 1. The lowest BCUT2D eigenvalue weighted by atomic mass is 10.1. The normalized spacial score (nSPS) is 12.5. The minimum absolute atomic E-state index is 0.624. The molecule has 1 N–H and O–H groups in total. The Hall–Kier alpha value is -0.0700. The van der Waals surface area contributed by atoms with Crippen molar-refractivity contribution in [2.24, 2.45) is 0 Å². The summed E-state index contributed by atoms with van der Waals surface area (Å²) in [6, 6.07) is 1.80. The highest BCUT2D eigenvalue weighted by Crippen LogP contribution is 2.06. The summed E-state index contributed by atoms with van der Waals surface area (Å²) in [4.78, 5) is 0. The van der Waals surface area contributed by atoms with Crippen molar-refractivity contribution in [1.82, 2.24) is 0 Å². The predicted molar refractivity (Wildman–Crippen MR) is 48.5 cm³/mol. The smallest absolute Gasteiger partial charge is 0.140 e. The van der Waals surface area contributed by atoms with Gasteiger partial charge in [0.05, 0.1) is 6.07 Å². The van der Waals surface area contributed by atoms with Crippen LogP contribution in [0.5, 0.6) is 0 Å². The Morgan fingerprint density at radius 1 is 1.27 bits per heavy atom. The van der Waals surface area contributed by atoms with Crippen molar-refractivity contribution in [2.75, 3.05) is 5.33 Å². The molecule has 0 rings (SSSR count). The van der Waals surface area contributed by atoms with Gasteiger partial charge in [0.1, 0.15) is 6.10 Å². The maximum atomic E-state index is 8.84. The molecule has 0 aliphatic rings. The zero-order chi connectivity index (χ0) is 8.53. The molecular formula is C8H14BrNO. The Kier molecular flexibility index (Phi) is 7.98. The summed E-state index contributed by atoms with van der Waals surface area (Å²) in [5.74, 6) is 0. The van der Waals surface area contributed by atoms with E-state index in [4.69, 9.17) is 10.4 Å². The van der Waals surface area contributed by atoms with Crippen molar-refractivity contribution in [3.05, 3.63) is 0 Å². The third kappa shape index (κ3) is 7.83. The van der Waals surface area contributed by atoms with Crippen molar-refractivity contribution in [2.45, 2.75) is 38.2 Å². The van der Waals surface area contributed by atoms with Gasteiger partial charge in [-0.3, -0.25) is 0 Å². The summed E-state index contributed by atoms with van der Waals surface area (Å²) in [6.07, 6.45) is 4.32. The zero-order valence-electron chi connectivity index (χ0n) is 6.59. The second-order valence-corrected chi connectivity index (χ2v) is 3.33. The Balaban J connectivity index is 2.97. The van der Waals surface area contributed by atoms with Gasteiger partial charge in [0.25, 0.3) is 0 Å². The van der Waals surface area contributed by atoms with E-state index in [0.29, 0.717) is 6.42 Å². The van der Waals surface area contributed by atoms with Crippen LogP contribution in [0, 0.1) is 11.3 Å². The maximum Gasteiger partial charge on any atom is 0.140 e. The lowest BCUT2D eigenvalue weighted by molar-refractivity contribution is 0.215. The van der Waals surface area contributed by atoms with E-state index in [2.05, 4.69) is 15.9 Å². The van der Waals surface area contributed by atoms with Crippen LogP contribution in [0.25, 0.3) is 0 Å². The van der Waals surface area contributed by atoms with E-state index in [1.165, 1.54) is 12.8 Å². The second-order valence-electron chi connectivity index (χ2n) is 2.54. The van der Waals surface area contributed by atoms with Crippen molar-refractivity contribution < 1.29 is 5.11 Å². The first kappa shape index (κ1) is 10.9. The number of aliphatic hydroxyl groups excluding tert-OH is 1. The summed E-state index contributed by atoms with van der Waals surface area (Å²) < 4.78 is 0. The fourth-order valence-corrected chi connectivity index (χ4v) is 1.25. The minimum atomic E-state index is -0.751. The number of nitriles is 1. The van der Waals surface area contributed by atoms with Gasteiger partial charge in [-0.15, -0.1) is 0 Å². The minimum Gasteiger partial charge on any atom is -0.378 e. The third-order valence-electron chi connectivity index (χ3n) is 1.51. The molecule has 0 saturated carbocycles. The zero-order valence-corrected chi connectivity index (χ0v) is 8.18. The predicted octanol–water partition coefficient (Wildman–Crippen LogP) is 2.22. The highest BCUT2D eigenvalue weighted by atomic mass is 79.9. The SMILES string of the molecule is N#C[C@H](O)CCCCCCBr. The highest BCUT2D eigenvalue weighted by molar-refractivity contribution is 9.09. The highest BCUT2D eigenvalue weighted by Gasteiger charge is 1.99. The lowest BCUT2D eigenvalue weighted by Crippen LogP contribution is -2.01. The van der Waals surface area contributed by atoms with Gasteiger partial charge in [0.15, 0.2) is 0 Å². The van der Waals surface area contributed by atoms with E-state index in [1.54, 1.807) is 6.07 Å². The van der Waals surface area contributed by atoms with Gasteiger partial charge in [0, 0.05) is 5.33 Å². The third-order valence-corrected chi connectivity index (χ3v) is 2.07.